The first-order chi connectivity index (χ1) is 5.36. The average Bonchev–Trinajstić information content (AvgIpc) is 2.52. The maximum Gasteiger partial charge on any atom is 0.0692 e. The number of halogens is 1. The average molecular weight is 175 g/mol. The molecule has 11 heavy (non-hydrogen) atoms. The molecule has 62 valence electrons. The van der Waals surface area contributed by atoms with E-state index in [-0.39, 0.29) is 0 Å². The van der Waals surface area contributed by atoms with Gasteiger partial charge < -0.3 is 5.73 Å². The van der Waals surface area contributed by atoms with Crippen LogP contribution in [-0.4, -0.2) is 27.4 Å². The van der Waals surface area contributed by atoms with Crippen LogP contribution in [0.4, 0.5) is 0 Å². The fourth-order valence-corrected chi connectivity index (χ4v) is 1.00. The van der Waals surface area contributed by atoms with Gasteiger partial charge in [0, 0.05) is 24.5 Å². The lowest BCUT2D eigenvalue weighted by Gasteiger charge is -2.09. The standard InChI is InChI=1S/C6H11ClN4/c7-3-6(4-8)5-11-2-1-9-10-11/h1-2,6H,3-5,8H2. The lowest BCUT2D eigenvalue weighted by molar-refractivity contribution is 0.453. The zero-order chi connectivity index (χ0) is 8.10. The summed E-state index contributed by atoms with van der Waals surface area (Å²) in [6, 6.07) is 0. The van der Waals surface area contributed by atoms with E-state index in [0.29, 0.717) is 18.3 Å². The van der Waals surface area contributed by atoms with E-state index < -0.39 is 0 Å². The van der Waals surface area contributed by atoms with Crippen molar-refractivity contribution in [3.63, 3.8) is 0 Å². The van der Waals surface area contributed by atoms with E-state index >= 15 is 0 Å². The fraction of sp³-hybridized carbons (Fsp3) is 0.667. The Morgan fingerprint density at radius 1 is 1.64 bits per heavy atom. The molecule has 0 amide bonds. The van der Waals surface area contributed by atoms with Gasteiger partial charge in [-0.15, -0.1) is 16.7 Å². The SMILES string of the molecule is NCC(CCl)Cn1ccnn1. The van der Waals surface area contributed by atoms with Crippen LogP contribution in [0.5, 0.6) is 0 Å². The minimum atomic E-state index is 0.290. The predicted molar refractivity (Wildman–Crippen MR) is 43.3 cm³/mol. The van der Waals surface area contributed by atoms with Crippen LogP contribution in [0.1, 0.15) is 0 Å². The lowest BCUT2D eigenvalue weighted by Crippen LogP contribution is -2.21. The van der Waals surface area contributed by atoms with Gasteiger partial charge in [0.05, 0.1) is 6.20 Å². The number of alkyl halides is 1. The van der Waals surface area contributed by atoms with Gasteiger partial charge >= 0.3 is 0 Å². The van der Waals surface area contributed by atoms with Crippen molar-refractivity contribution in [1.29, 1.82) is 0 Å². The molecule has 0 saturated carbocycles. The first-order valence-corrected chi connectivity index (χ1v) is 4.00. The van der Waals surface area contributed by atoms with Gasteiger partial charge in [-0.05, 0) is 6.54 Å². The zero-order valence-corrected chi connectivity index (χ0v) is 6.91. The molecule has 0 aliphatic heterocycles. The van der Waals surface area contributed by atoms with Gasteiger partial charge in [0.15, 0.2) is 0 Å². The molecule has 2 N–H and O–H groups in total. The highest BCUT2D eigenvalue weighted by molar-refractivity contribution is 6.18. The van der Waals surface area contributed by atoms with Crippen LogP contribution in [-0.2, 0) is 6.54 Å². The van der Waals surface area contributed by atoms with Crippen molar-refractivity contribution in [3.05, 3.63) is 12.4 Å². The third kappa shape index (κ3) is 2.48. The molecule has 1 unspecified atom stereocenters. The summed E-state index contributed by atoms with van der Waals surface area (Å²) >= 11 is 5.64. The maximum absolute atomic E-state index is 5.64. The van der Waals surface area contributed by atoms with E-state index in [1.807, 2.05) is 0 Å². The number of nitrogens with zero attached hydrogens (tertiary/aromatic N) is 3. The molecule has 0 aliphatic rings. The molecule has 5 heteroatoms. The quantitative estimate of drug-likeness (QED) is 0.659. The highest BCUT2D eigenvalue weighted by Crippen LogP contribution is 1.99. The van der Waals surface area contributed by atoms with Gasteiger partial charge in [-0.3, -0.25) is 4.68 Å². The summed E-state index contributed by atoms with van der Waals surface area (Å²) < 4.78 is 1.74. The number of nitrogens with two attached hydrogens (primary N) is 1. The summed E-state index contributed by atoms with van der Waals surface area (Å²) in [6.45, 7) is 1.34. The van der Waals surface area contributed by atoms with Gasteiger partial charge in [0.1, 0.15) is 0 Å². The molecule has 0 spiro atoms. The lowest BCUT2D eigenvalue weighted by atomic mass is 10.2. The smallest absolute Gasteiger partial charge is 0.0692 e. The normalized spacial score (nSPS) is 13.3. The molecule has 1 aromatic rings. The Morgan fingerprint density at radius 3 is 2.91 bits per heavy atom. The highest BCUT2D eigenvalue weighted by atomic mass is 35.5. The Balaban J connectivity index is 2.41. The summed E-state index contributed by atoms with van der Waals surface area (Å²) in [7, 11) is 0. The summed E-state index contributed by atoms with van der Waals surface area (Å²) in [5.74, 6) is 0.856. The molecule has 1 aromatic heterocycles. The molecule has 1 rings (SSSR count). The molecule has 0 fully saturated rings. The molecule has 1 atom stereocenters. The first kappa shape index (κ1) is 8.49. The third-order valence-corrected chi connectivity index (χ3v) is 1.91. The Kier molecular flexibility index (Phi) is 3.32. The monoisotopic (exact) mass is 174 g/mol. The number of hydrogen-bond acceptors (Lipinski definition) is 3. The minimum absolute atomic E-state index is 0.290. The Bertz CT molecular complexity index is 182. The van der Waals surface area contributed by atoms with Crippen LogP contribution in [0.15, 0.2) is 12.4 Å². The van der Waals surface area contributed by atoms with Crippen LogP contribution in [0.3, 0.4) is 0 Å². The summed E-state index contributed by atoms with van der Waals surface area (Å²) in [4.78, 5) is 0. The van der Waals surface area contributed by atoms with Gasteiger partial charge in [-0.25, -0.2) is 0 Å². The second-order valence-electron chi connectivity index (χ2n) is 2.38. The number of hydrogen-bond donors (Lipinski definition) is 1. The van der Waals surface area contributed by atoms with Gasteiger partial charge in [-0.2, -0.15) is 0 Å². The number of aromatic nitrogens is 3. The van der Waals surface area contributed by atoms with E-state index in [1.54, 1.807) is 17.1 Å². The summed E-state index contributed by atoms with van der Waals surface area (Å²) in [6.07, 6.45) is 3.44. The Labute approximate surface area is 70.3 Å². The van der Waals surface area contributed by atoms with E-state index in [9.17, 15) is 0 Å². The van der Waals surface area contributed by atoms with E-state index in [1.165, 1.54) is 0 Å². The Hall–Kier alpha value is -0.610. The van der Waals surface area contributed by atoms with Crippen molar-refractivity contribution < 1.29 is 0 Å². The van der Waals surface area contributed by atoms with Crippen LogP contribution < -0.4 is 5.73 Å². The topological polar surface area (TPSA) is 56.7 Å². The second kappa shape index (κ2) is 4.31. The van der Waals surface area contributed by atoms with E-state index in [2.05, 4.69) is 10.3 Å². The highest BCUT2D eigenvalue weighted by Gasteiger charge is 2.05. The maximum atomic E-state index is 5.64. The fourth-order valence-electron chi connectivity index (χ4n) is 0.781. The van der Waals surface area contributed by atoms with Crippen molar-refractivity contribution in [2.45, 2.75) is 6.54 Å². The van der Waals surface area contributed by atoms with Gasteiger partial charge in [0.25, 0.3) is 0 Å². The molecular formula is C6H11ClN4. The van der Waals surface area contributed by atoms with Crippen molar-refractivity contribution in [3.8, 4) is 0 Å². The van der Waals surface area contributed by atoms with Crippen LogP contribution >= 0.6 is 11.6 Å². The van der Waals surface area contributed by atoms with E-state index in [0.717, 1.165) is 6.54 Å². The van der Waals surface area contributed by atoms with Crippen molar-refractivity contribution in [2.24, 2.45) is 11.7 Å². The molecule has 0 bridgehead atoms. The second-order valence-corrected chi connectivity index (χ2v) is 2.69. The molecule has 1 heterocycles. The van der Waals surface area contributed by atoms with E-state index in [4.69, 9.17) is 17.3 Å². The summed E-state index contributed by atoms with van der Waals surface area (Å²) in [5, 5.41) is 7.48. The van der Waals surface area contributed by atoms with Crippen molar-refractivity contribution in [2.75, 3.05) is 12.4 Å². The minimum Gasteiger partial charge on any atom is -0.330 e. The van der Waals surface area contributed by atoms with Crippen molar-refractivity contribution >= 4 is 11.6 Å². The Morgan fingerprint density at radius 2 is 2.45 bits per heavy atom. The van der Waals surface area contributed by atoms with Crippen molar-refractivity contribution in [1.82, 2.24) is 15.0 Å². The number of rotatable bonds is 4. The van der Waals surface area contributed by atoms with Crippen LogP contribution in [0.25, 0.3) is 0 Å². The zero-order valence-electron chi connectivity index (χ0n) is 6.15. The van der Waals surface area contributed by atoms with Crippen LogP contribution in [0.2, 0.25) is 0 Å². The van der Waals surface area contributed by atoms with Crippen LogP contribution in [0, 0.1) is 5.92 Å². The summed E-state index contributed by atoms with van der Waals surface area (Å²) in [5.41, 5.74) is 5.45. The first-order valence-electron chi connectivity index (χ1n) is 3.47. The van der Waals surface area contributed by atoms with Gasteiger partial charge in [0.2, 0.25) is 0 Å². The molecule has 0 aromatic carbocycles. The molecular weight excluding hydrogens is 164 g/mol. The molecule has 0 aliphatic carbocycles. The molecule has 4 nitrogen and oxygen atoms in total. The molecule has 0 radical (unpaired) electrons. The van der Waals surface area contributed by atoms with Gasteiger partial charge in [-0.1, -0.05) is 5.21 Å². The third-order valence-electron chi connectivity index (χ3n) is 1.47. The predicted octanol–water partition coefficient (Wildman–Crippen LogP) is 0.0918. The largest absolute Gasteiger partial charge is 0.330 e. The molecule has 0 saturated heterocycles.